The number of hydrogen-bond donors (Lipinski definition) is 2. The number of ether oxygens (including phenoxy) is 2. The molecule has 18 heavy (non-hydrogen) atoms. The Morgan fingerprint density at radius 3 is 3.00 bits per heavy atom. The quantitative estimate of drug-likeness (QED) is 0.849. The van der Waals surface area contributed by atoms with Crippen LogP contribution in [-0.4, -0.2) is 16.8 Å². The summed E-state index contributed by atoms with van der Waals surface area (Å²) < 4.78 is 10.6. The number of fused-ring (bicyclic) bond motifs is 1. The highest BCUT2D eigenvalue weighted by Gasteiger charge is 2.13. The van der Waals surface area contributed by atoms with Crippen LogP contribution in [0.3, 0.4) is 0 Å². The van der Waals surface area contributed by atoms with E-state index in [1.807, 2.05) is 18.2 Å². The van der Waals surface area contributed by atoms with E-state index >= 15 is 0 Å². The van der Waals surface area contributed by atoms with E-state index in [2.05, 4.69) is 15.3 Å². The molecule has 6 nitrogen and oxygen atoms in total. The molecule has 3 N–H and O–H groups in total. The second kappa shape index (κ2) is 4.50. The number of rotatable bonds is 3. The highest BCUT2D eigenvalue weighted by atomic mass is 16.7. The van der Waals surface area contributed by atoms with E-state index in [0.29, 0.717) is 18.2 Å². The van der Waals surface area contributed by atoms with E-state index < -0.39 is 0 Å². The van der Waals surface area contributed by atoms with Crippen LogP contribution in [0.25, 0.3) is 0 Å². The molecule has 3 rings (SSSR count). The lowest BCUT2D eigenvalue weighted by atomic mass is 10.3. The minimum atomic E-state index is 0.267. The van der Waals surface area contributed by atoms with Crippen LogP contribution < -0.4 is 20.5 Å². The van der Waals surface area contributed by atoms with E-state index in [0.717, 1.165) is 17.2 Å². The van der Waals surface area contributed by atoms with Gasteiger partial charge in [-0.25, -0.2) is 9.97 Å². The van der Waals surface area contributed by atoms with Crippen LogP contribution in [0.4, 0.5) is 11.5 Å². The van der Waals surface area contributed by atoms with Gasteiger partial charge in [0.2, 0.25) is 6.79 Å². The number of nitrogens with zero attached hydrogens (tertiary/aromatic N) is 2. The Hall–Kier alpha value is -2.34. The van der Waals surface area contributed by atoms with Gasteiger partial charge >= 0.3 is 0 Å². The first-order chi connectivity index (χ1) is 8.85. The fourth-order valence-electron chi connectivity index (χ4n) is 1.69. The zero-order valence-corrected chi connectivity index (χ0v) is 9.59. The maximum absolute atomic E-state index is 5.50. The summed E-state index contributed by atoms with van der Waals surface area (Å²) >= 11 is 0. The third kappa shape index (κ3) is 2.05. The molecule has 0 spiro atoms. The van der Waals surface area contributed by atoms with Crippen molar-refractivity contribution in [2.75, 3.05) is 12.1 Å². The Balaban J connectivity index is 1.83. The van der Waals surface area contributed by atoms with Crippen molar-refractivity contribution >= 4 is 11.5 Å². The van der Waals surface area contributed by atoms with Crippen LogP contribution in [0, 0.1) is 0 Å². The summed E-state index contributed by atoms with van der Waals surface area (Å²) in [6.45, 7) is 0.584. The van der Waals surface area contributed by atoms with Crippen molar-refractivity contribution in [3.8, 4) is 11.5 Å². The summed E-state index contributed by atoms with van der Waals surface area (Å²) in [5, 5.41) is 3.17. The lowest BCUT2D eigenvalue weighted by molar-refractivity contribution is 0.174. The first kappa shape index (κ1) is 10.8. The van der Waals surface area contributed by atoms with E-state index in [-0.39, 0.29) is 6.79 Å². The molecule has 1 aliphatic rings. The molecule has 0 aliphatic carbocycles. The zero-order chi connectivity index (χ0) is 12.4. The van der Waals surface area contributed by atoms with Gasteiger partial charge in [0, 0.05) is 18.0 Å². The van der Waals surface area contributed by atoms with Gasteiger partial charge in [0.05, 0.1) is 6.54 Å². The van der Waals surface area contributed by atoms with Crippen molar-refractivity contribution in [2.24, 2.45) is 5.73 Å². The normalized spacial score (nSPS) is 12.5. The molecule has 2 aromatic rings. The monoisotopic (exact) mass is 244 g/mol. The van der Waals surface area contributed by atoms with Crippen molar-refractivity contribution in [1.82, 2.24) is 9.97 Å². The van der Waals surface area contributed by atoms with Gasteiger partial charge in [-0.15, -0.1) is 0 Å². The third-order valence-corrected chi connectivity index (χ3v) is 2.53. The summed E-state index contributed by atoms with van der Waals surface area (Å²) in [6.07, 6.45) is 1.67. The molecular formula is C12H12N4O2. The molecular weight excluding hydrogens is 232 g/mol. The van der Waals surface area contributed by atoms with Gasteiger partial charge in [-0.2, -0.15) is 0 Å². The number of benzene rings is 1. The standard InChI is InChI=1S/C12H12N4O2/c13-6-12-14-4-3-11(16-12)15-8-1-2-9-10(5-8)18-7-17-9/h1-5H,6-7,13H2,(H,14,15,16). The van der Waals surface area contributed by atoms with Crippen molar-refractivity contribution in [3.05, 3.63) is 36.3 Å². The predicted molar refractivity (Wildman–Crippen MR) is 65.8 cm³/mol. The Bertz CT molecular complexity index is 574. The van der Waals surface area contributed by atoms with Crippen LogP contribution in [0.5, 0.6) is 11.5 Å². The Labute approximate surface area is 104 Å². The molecule has 1 aliphatic heterocycles. The average Bonchev–Trinajstić information content (AvgIpc) is 2.86. The van der Waals surface area contributed by atoms with Crippen LogP contribution in [-0.2, 0) is 6.54 Å². The minimum absolute atomic E-state index is 0.267. The van der Waals surface area contributed by atoms with E-state index in [4.69, 9.17) is 15.2 Å². The molecule has 1 aromatic carbocycles. The van der Waals surface area contributed by atoms with Gasteiger partial charge in [-0.3, -0.25) is 0 Å². The van der Waals surface area contributed by atoms with Gasteiger partial charge < -0.3 is 20.5 Å². The van der Waals surface area contributed by atoms with Crippen molar-refractivity contribution in [1.29, 1.82) is 0 Å². The molecule has 6 heteroatoms. The van der Waals surface area contributed by atoms with Crippen LogP contribution in [0.15, 0.2) is 30.5 Å². The molecule has 1 aromatic heterocycles. The number of anilines is 2. The van der Waals surface area contributed by atoms with E-state index in [1.54, 1.807) is 12.3 Å². The van der Waals surface area contributed by atoms with Gasteiger partial charge in [0.1, 0.15) is 11.6 Å². The Morgan fingerprint density at radius 2 is 2.11 bits per heavy atom. The van der Waals surface area contributed by atoms with Gasteiger partial charge in [0.25, 0.3) is 0 Å². The summed E-state index contributed by atoms with van der Waals surface area (Å²) in [5.74, 6) is 2.78. The SMILES string of the molecule is NCc1nccc(Nc2ccc3c(c2)OCO3)n1. The molecule has 0 atom stereocenters. The highest BCUT2D eigenvalue weighted by molar-refractivity contribution is 5.61. The zero-order valence-electron chi connectivity index (χ0n) is 9.59. The predicted octanol–water partition coefficient (Wildman–Crippen LogP) is 1.41. The second-order valence-electron chi connectivity index (χ2n) is 3.76. The van der Waals surface area contributed by atoms with E-state index in [1.165, 1.54) is 0 Å². The summed E-state index contributed by atoms with van der Waals surface area (Å²) in [6, 6.07) is 7.41. The smallest absolute Gasteiger partial charge is 0.231 e. The summed E-state index contributed by atoms with van der Waals surface area (Å²) in [5.41, 5.74) is 6.37. The molecule has 0 saturated heterocycles. The molecule has 0 fully saturated rings. The number of nitrogens with one attached hydrogen (secondary N) is 1. The van der Waals surface area contributed by atoms with Crippen molar-refractivity contribution in [3.63, 3.8) is 0 Å². The lowest BCUT2D eigenvalue weighted by Crippen LogP contribution is -2.04. The summed E-state index contributed by atoms with van der Waals surface area (Å²) in [7, 11) is 0. The molecule has 0 bridgehead atoms. The van der Waals surface area contributed by atoms with Gasteiger partial charge in [-0.05, 0) is 18.2 Å². The van der Waals surface area contributed by atoms with E-state index in [9.17, 15) is 0 Å². The average molecular weight is 244 g/mol. The Kier molecular flexibility index (Phi) is 2.70. The third-order valence-electron chi connectivity index (χ3n) is 2.53. The van der Waals surface area contributed by atoms with Crippen molar-refractivity contribution < 1.29 is 9.47 Å². The minimum Gasteiger partial charge on any atom is -0.454 e. The first-order valence-corrected chi connectivity index (χ1v) is 5.54. The number of hydrogen-bond acceptors (Lipinski definition) is 6. The molecule has 0 saturated carbocycles. The van der Waals surface area contributed by atoms with Crippen LogP contribution in [0.2, 0.25) is 0 Å². The largest absolute Gasteiger partial charge is 0.454 e. The molecule has 0 amide bonds. The maximum Gasteiger partial charge on any atom is 0.231 e. The maximum atomic E-state index is 5.50. The fourth-order valence-corrected chi connectivity index (χ4v) is 1.69. The molecule has 92 valence electrons. The van der Waals surface area contributed by atoms with Crippen LogP contribution >= 0.6 is 0 Å². The first-order valence-electron chi connectivity index (χ1n) is 5.54. The second-order valence-corrected chi connectivity index (χ2v) is 3.76. The molecule has 0 radical (unpaired) electrons. The Morgan fingerprint density at radius 1 is 1.22 bits per heavy atom. The lowest BCUT2D eigenvalue weighted by Gasteiger charge is -2.07. The number of nitrogens with two attached hydrogens (primary N) is 1. The van der Waals surface area contributed by atoms with Crippen molar-refractivity contribution in [2.45, 2.75) is 6.54 Å². The topological polar surface area (TPSA) is 82.3 Å². The highest BCUT2D eigenvalue weighted by Crippen LogP contribution is 2.34. The summed E-state index contributed by atoms with van der Waals surface area (Å²) in [4.78, 5) is 8.30. The number of aromatic nitrogens is 2. The fraction of sp³-hybridized carbons (Fsp3) is 0.167. The van der Waals surface area contributed by atoms with Crippen LogP contribution in [0.1, 0.15) is 5.82 Å². The molecule has 0 unspecified atom stereocenters. The van der Waals surface area contributed by atoms with Gasteiger partial charge in [-0.1, -0.05) is 0 Å². The molecule has 2 heterocycles. The van der Waals surface area contributed by atoms with Gasteiger partial charge in [0.15, 0.2) is 11.5 Å².